The summed E-state index contributed by atoms with van der Waals surface area (Å²) in [5.74, 6) is -4.04. The van der Waals surface area contributed by atoms with E-state index in [1.807, 2.05) is 0 Å². The Morgan fingerprint density at radius 1 is 1.27 bits per heavy atom. The second-order valence-electron chi connectivity index (χ2n) is 3.82. The third-order valence-electron chi connectivity index (χ3n) is 2.42. The lowest BCUT2D eigenvalue weighted by Gasteiger charge is -2.12. The van der Waals surface area contributed by atoms with Gasteiger partial charge in [-0.05, 0) is 28.1 Å². The maximum Gasteiger partial charge on any atom is 0.354 e. The fourth-order valence-electron chi connectivity index (χ4n) is 1.38. The average Bonchev–Trinajstić information content (AvgIpc) is 2.48. The number of carboxylic acid groups (broad SMARTS) is 1. The number of benzene rings is 1. The van der Waals surface area contributed by atoms with E-state index in [0.717, 1.165) is 32.4 Å². The topological polar surface area (TPSA) is 102 Å². The van der Waals surface area contributed by atoms with Crippen LogP contribution in [0.3, 0.4) is 0 Å². The Morgan fingerprint density at radius 3 is 2.36 bits per heavy atom. The number of carbonyl (C=O) groups is 3. The second kappa shape index (κ2) is 7.55. The van der Waals surface area contributed by atoms with Gasteiger partial charge in [0, 0.05) is 4.47 Å². The minimum atomic E-state index is -1.32. The fourth-order valence-corrected chi connectivity index (χ4v) is 1.92. The number of halogens is 2. The maximum absolute atomic E-state index is 14.0. The third kappa shape index (κ3) is 4.29. The maximum atomic E-state index is 14.0. The number of hydrogen-bond acceptors (Lipinski definition) is 6. The van der Waals surface area contributed by atoms with Crippen molar-refractivity contribution in [2.45, 2.75) is 0 Å². The number of esters is 2. The average molecular weight is 376 g/mol. The number of nitrogens with one attached hydrogen (secondary N) is 1. The van der Waals surface area contributed by atoms with E-state index in [9.17, 15) is 18.8 Å². The predicted octanol–water partition coefficient (Wildman–Crippen LogP) is 1.93. The van der Waals surface area contributed by atoms with Gasteiger partial charge >= 0.3 is 17.9 Å². The van der Waals surface area contributed by atoms with Crippen molar-refractivity contribution < 1.29 is 33.4 Å². The Hall–Kier alpha value is -2.42. The zero-order chi connectivity index (χ0) is 16.9. The Balaban J connectivity index is 3.24. The molecule has 0 atom stereocenters. The zero-order valence-electron chi connectivity index (χ0n) is 11.5. The van der Waals surface area contributed by atoms with Gasteiger partial charge in [0.05, 0.1) is 31.5 Å². The molecule has 0 unspecified atom stereocenters. The number of rotatable bonds is 5. The summed E-state index contributed by atoms with van der Waals surface area (Å²) in [6, 6.07) is 1.91. The molecule has 0 bridgehead atoms. The minimum Gasteiger partial charge on any atom is -0.478 e. The lowest BCUT2D eigenvalue weighted by Crippen LogP contribution is -2.16. The number of anilines is 1. The highest BCUT2D eigenvalue weighted by Crippen LogP contribution is 2.28. The van der Waals surface area contributed by atoms with Crippen LogP contribution in [0.1, 0.15) is 10.4 Å². The minimum absolute atomic E-state index is 0.0459. The first-order valence-corrected chi connectivity index (χ1v) is 6.46. The van der Waals surface area contributed by atoms with E-state index < -0.39 is 23.7 Å². The molecule has 0 saturated carbocycles. The van der Waals surface area contributed by atoms with Gasteiger partial charge in [-0.15, -0.1) is 0 Å². The molecule has 1 rings (SSSR count). The summed E-state index contributed by atoms with van der Waals surface area (Å²) in [6.07, 6.45) is 0.781. The van der Waals surface area contributed by atoms with Crippen LogP contribution in [0.4, 0.5) is 10.1 Å². The first kappa shape index (κ1) is 17.6. The van der Waals surface area contributed by atoms with Crippen molar-refractivity contribution in [3.63, 3.8) is 0 Å². The first-order valence-electron chi connectivity index (χ1n) is 5.67. The lowest BCUT2D eigenvalue weighted by atomic mass is 10.2. The number of ether oxygens (including phenoxy) is 2. The molecule has 9 heteroatoms. The van der Waals surface area contributed by atoms with Crippen LogP contribution < -0.4 is 5.32 Å². The number of hydrogen-bond donors (Lipinski definition) is 2. The van der Waals surface area contributed by atoms with Gasteiger partial charge in [0.1, 0.15) is 11.5 Å². The Kier molecular flexibility index (Phi) is 6.05. The van der Waals surface area contributed by atoms with Gasteiger partial charge in [-0.25, -0.2) is 18.8 Å². The van der Waals surface area contributed by atoms with Crippen LogP contribution in [0.25, 0.3) is 0 Å². The Morgan fingerprint density at radius 2 is 1.91 bits per heavy atom. The molecule has 22 heavy (non-hydrogen) atoms. The fraction of sp³-hybridized carbons (Fsp3) is 0.154. The molecule has 0 aromatic heterocycles. The van der Waals surface area contributed by atoms with E-state index in [-0.39, 0.29) is 21.4 Å². The first-order chi connectivity index (χ1) is 10.3. The molecule has 2 N–H and O–H groups in total. The largest absolute Gasteiger partial charge is 0.478 e. The number of carbonyl (C=O) groups excluding carboxylic acids is 2. The molecular formula is C13H11BrFNO6. The van der Waals surface area contributed by atoms with Crippen molar-refractivity contribution in [3.05, 3.63) is 39.8 Å². The van der Waals surface area contributed by atoms with Gasteiger partial charge < -0.3 is 19.9 Å². The summed E-state index contributed by atoms with van der Waals surface area (Å²) < 4.78 is 22.9. The van der Waals surface area contributed by atoms with Crippen molar-refractivity contribution in [1.82, 2.24) is 0 Å². The molecule has 0 saturated heterocycles. The number of carboxylic acids is 1. The van der Waals surface area contributed by atoms with Gasteiger partial charge in [0.25, 0.3) is 0 Å². The van der Waals surface area contributed by atoms with E-state index in [0.29, 0.717) is 0 Å². The molecular weight excluding hydrogens is 365 g/mol. The van der Waals surface area contributed by atoms with Crippen LogP contribution in [0.15, 0.2) is 28.4 Å². The molecule has 1 aromatic rings. The van der Waals surface area contributed by atoms with E-state index in [4.69, 9.17) is 5.11 Å². The van der Waals surface area contributed by atoms with E-state index >= 15 is 0 Å². The summed E-state index contributed by atoms with van der Waals surface area (Å²) in [6.45, 7) is 0. The van der Waals surface area contributed by atoms with Gasteiger partial charge in [0.15, 0.2) is 0 Å². The molecule has 0 fully saturated rings. The number of aromatic carboxylic acids is 1. The zero-order valence-corrected chi connectivity index (χ0v) is 13.1. The van der Waals surface area contributed by atoms with Crippen LogP contribution >= 0.6 is 15.9 Å². The monoisotopic (exact) mass is 375 g/mol. The smallest absolute Gasteiger partial charge is 0.354 e. The quantitative estimate of drug-likeness (QED) is 0.598. The molecule has 0 radical (unpaired) electrons. The van der Waals surface area contributed by atoms with Gasteiger partial charge in [-0.3, -0.25) is 0 Å². The molecule has 0 spiro atoms. The predicted molar refractivity (Wildman–Crippen MR) is 76.8 cm³/mol. The van der Waals surface area contributed by atoms with Crippen LogP contribution in [-0.4, -0.2) is 37.2 Å². The molecule has 118 valence electrons. The molecule has 7 nitrogen and oxygen atoms in total. The highest BCUT2D eigenvalue weighted by Gasteiger charge is 2.18. The second-order valence-corrected chi connectivity index (χ2v) is 4.67. The molecule has 0 aliphatic carbocycles. The van der Waals surface area contributed by atoms with Crippen molar-refractivity contribution in [2.75, 3.05) is 19.5 Å². The lowest BCUT2D eigenvalue weighted by molar-refractivity contribution is -0.138. The summed E-state index contributed by atoms with van der Waals surface area (Å²) in [7, 11) is 2.18. The molecule has 0 amide bonds. The van der Waals surface area contributed by atoms with Crippen LogP contribution in [-0.2, 0) is 19.1 Å². The standard InChI is InChI=1S/C13H11BrFNO6/c1-21-10(17)5-9(13(20)22-2)16-11-7(14)3-6(12(18)19)4-8(11)15/h3-5,16H,1-2H3,(H,18,19)/b9-5+. The molecule has 0 aliphatic rings. The SMILES string of the molecule is COC(=O)/C=C(/Nc1c(F)cc(C(=O)O)cc1Br)C(=O)OC. The molecule has 0 heterocycles. The van der Waals surface area contributed by atoms with Crippen LogP contribution in [0.2, 0.25) is 0 Å². The third-order valence-corrected chi connectivity index (χ3v) is 3.04. The van der Waals surface area contributed by atoms with Crippen LogP contribution in [0, 0.1) is 5.82 Å². The number of methoxy groups -OCH3 is 2. The molecule has 1 aromatic carbocycles. The van der Waals surface area contributed by atoms with Crippen molar-refractivity contribution >= 4 is 39.5 Å². The van der Waals surface area contributed by atoms with E-state index in [2.05, 4.69) is 30.7 Å². The Labute approximate surface area is 132 Å². The van der Waals surface area contributed by atoms with Crippen molar-refractivity contribution in [3.8, 4) is 0 Å². The highest BCUT2D eigenvalue weighted by atomic mass is 79.9. The highest BCUT2D eigenvalue weighted by molar-refractivity contribution is 9.10. The Bertz CT molecular complexity index is 635. The summed E-state index contributed by atoms with van der Waals surface area (Å²) >= 11 is 2.99. The van der Waals surface area contributed by atoms with Crippen LogP contribution in [0.5, 0.6) is 0 Å². The van der Waals surface area contributed by atoms with Gasteiger partial charge in [-0.1, -0.05) is 0 Å². The molecule has 0 aliphatic heterocycles. The van der Waals surface area contributed by atoms with Crippen molar-refractivity contribution in [2.24, 2.45) is 0 Å². The van der Waals surface area contributed by atoms with Crippen molar-refractivity contribution in [1.29, 1.82) is 0 Å². The van der Waals surface area contributed by atoms with Gasteiger partial charge in [0.2, 0.25) is 0 Å². The van der Waals surface area contributed by atoms with Gasteiger partial charge in [-0.2, -0.15) is 0 Å². The van der Waals surface area contributed by atoms with E-state index in [1.54, 1.807) is 0 Å². The van der Waals surface area contributed by atoms with E-state index in [1.165, 1.54) is 0 Å². The summed E-state index contributed by atoms with van der Waals surface area (Å²) in [4.78, 5) is 33.6. The summed E-state index contributed by atoms with van der Waals surface area (Å²) in [5.41, 5.74) is -0.894. The normalized spacial score (nSPS) is 10.8. The summed E-state index contributed by atoms with van der Waals surface area (Å²) in [5, 5.41) is 11.2.